The van der Waals surface area contributed by atoms with E-state index >= 15 is 0 Å². The summed E-state index contributed by atoms with van der Waals surface area (Å²) in [7, 11) is 0. The Balaban J connectivity index is 2.78. The Morgan fingerprint density at radius 2 is 2.14 bits per heavy atom. The Labute approximate surface area is 93.7 Å². The number of hydrogen-bond acceptors (Lipinski definition) is 3. The third kappa shape index (κ3) is 1.47. The molecule has 2 heterocycles. The third-order valence-electron chi connectivity index (χ3n) is 1.87. The minimum Gasteiger partial charge on any atom is -0.245 e. The molecule has 0 aliphatic carbocycles. The highest BCUT2D eigenvalue weighted by Gasteiger charge is 2.12. The van der Waals surface area contributed by atoms with Crippen LogP contribution in [0.5, 0.6) is 0 Å². The SMILES string of the molecule is CC(C)n1ncc2c(F)nc(I)nc21. The molecule has 0 fully saturated rings. The van der Waals surface area contributed by atoms with Crippen LogP contribution < -0.4 is 0 Å². The summed E-state index contributed by atoms with van der Waals surface area (Å²) in [6.07, 6.45) is 1.46. The van der Waals surface area contributed by atoms with Gasteiger partial charge in [0.15, 0.2) is 9.48 Å². The van der Waals surface area contributed by atoms with Crippen molar-refractivity contribution in [3.05, 3.63) is 16.0 Å². The Morgan fingerprint density at radius 3 is 2.79 bits per heavy atom. The van der Waals surface area contributed by atoms with Crippen LogP contribution in [0.3, 0.4) is 0 Å². The number of fused-ring (bicyclic) bond motifs is 1. The molecule has 2 aromatic heterocycles. The van der Waals surface area contributed by atoms with E-state index in [9.17, 15) is 4.39 Å². The van der Waals surface area contributed by atoms with Gasteiger partial charge in [0.25, 0.3) is 0 Å². The normalized spacial score (nSPS) is 11.5. The number of hydrogen-bond donors (Lipinski definition) is 0. The van der Waals surface area contributed by atoms with E-state index in [-0.39, 0.29) is 6.04 Å². The summed E-state index contributed by atoms with van der Waals surface area (Å²) >= 11 is 1.89. The van der Waals surface area contributed by atoms with Crippen molar-refractivity contribution in [2.45, 2.75) is 19.9 Å². The van der Waals surface area contributed by atoms with Crippen LogP contribution in [0.25, 0.3) is 11.0 Å². The van der Waals surface area contributed by atoms with Crippen molar-refractivity contribution in [1.82, 2.24) is 19.7 Å². The zero-order valence-corrected chi connectivity index (χ0v) is 9.86. The zero-order valence-electron chi connectivity index (χ0n) is 7.70. The van der Waals surface area contributed by atoms with Gasteiger partial charge < -0.3 is 0 Å². The summed E-state index contributed by atoms with van der Waals surface area (Å²) in [4.78, 5) is 7.78. The zero-order chi connectivity index (χ0) is 10.3. The first kappa shape index (κ1) is 9.75. The van der Waals surface area contributed by atoms with Crippen molar-refractivity contribution in [3.63, 3.8) is 0 Å². The molecule has 2 rings (SSSR count). The Hall–Kier alpha value is -0.790. The fourth-order valence-corrected chi connectivity index (χ4v) is 1.68. The Kier molecular flexibility index (Phi) is 2.38. The van der Waals surface area contributed by atoms with Crippen molar-refractivity contribution in [2.75, 3.05) is 0 Å². The van der Waals surface area contributed by atoms with Crippen molar-refractivity contribution >= 4 is 33.6 Å². The van der Waals surface area contributed by atoms with Crippen LogP contribution in [0, 0.1) is 9.78 Å². The number of halogens is 2. The summed E-state index contributed by atoms with van der Waals surface area (Å²) in [5.41, 5.74) is 0.553. The van der Waals surface area contributed by atoms with Gasteiger partial charge in [-0.2, -0.15) is 14.5 Å². The smallest absolute Gasteiger partial charge is 0.228 e. The second kappa shape index (κ2) is 3.41. The van der Waals surface area contributed by atoms with Gasteiger partial charge in [-0.1, -0.05) is 0 Å². The summed E-state index contributed by atoms with van der Waals surface area (Å²) in [6, 6.07) is 0.164. The van der Waals surface area contributed by atoms with Crippen molar-refractivity contribution in [3.8, 4) is 0 Å². The largest absolute Gasteiger partial charge is 0.245 e. The summed E-state index contributed by atoms with van der Waals surface area (Å²) in [5.74, 6) is -0.508. The molecule has 0 aromatic carbocycles. The highest BCUT2D eigenvalue weighted by Crippen LogP contribution is 2.18. The summed E-state index contributed by atoms with van der Waals surface area (Å²) in [5, 5.41) is 4.44. The monoisotopic (exact) mass is 306 g/mol. The third-order valence-corrected chi connectivity index (χ3v) is 2.35. The standard InChI is InChI=1S/C8H8FIN4/c1-4(2)14-7-5(3-11-14)6(9)12-8(10)13-7/h3-4H,1-2H3. The van der Waals surface area contributed by atoms with Crippen LogP contribution in [0.15, 0.2) is 6.20 Å². The average Bonchev–Trinajstić information content (AvgIpc) is 2.47. The van der Waals surface area contributed by atoms with Crippen LogP contribution in [-0.2, 0) is 0 Å². The van der Waals surface area contributed by atoms with Crippen molar-refractivity contribution in [1.29, 1.82) is 0 Å². The lowest BCUT2D eigenvalue weighted by atomic mass is 10.4. The predicted molar refractivity (Wildman–Crippen MR) is 58.4 cm³/mol. The second-order valence-corrected chi connectivity index (χ2v) is 4.17. The topological polar surface area (TPSA) is 43.6 Å². The van der Waals surface area contributed by atoms with E-state index in [0.29, 0.717) is 14.9 Å². The van der Waals surface area contributed by atoms with E-state index in [0.717, 1.165) is 0 Å². The van der Waals surface area contributed by atoms with E-state index in [1.165, 1.54) is 6.20 Å². The molecular weight excluding hydrogens is 298 g/mol. The molecule has 0 unspecified atom stereocenters. The summed E-state index contributed by atoms with van der Waals surface area (Å²) < 4.78 is 15.4. The molecule has 0 amide bonds. The fourth-order valence-electron chi connectivity index (χ4n) is 1.24. The van der Waals surface area contributed by atoms with Crippen LogP contribution in [0.1, 0.15) is 19.9 Å². The number of rotatable bonds is 1. The van der Waals surface area contributed by atoms with Gasteiger partial charge in [-0.15, -0.1) is 0 Å². The Bertz CT molecular complexity index is 479. The highest BCUT2D eigenvalue weighted by atomic mass is 127. The van der Waals surface area contributed by atoms with Crippen LogP contribution in [0.2, 0.25) is 0 Å². The molecule has 0 atom stereocenters. The van der Waals surface area contributed by atoms with Gasteiger partial charge in [-0.3, -0.25) is 0 Å². The lowest BCUT2D eigenvalue weighted by Crippen LogP contribution is -2.04. The minimum atomic E-state index is -0.508. The van der Waals surface area contributed by atoms with E-state index in [1.807, 2.05) is 36.4 Å². The highest BCUT2D eigenvalue weighted by molar-refractivity contribution is 14.1. The van der Waals surface area contributed by atoms with Crippen molar-refractivity contribution < 1.29 is 4.39 Å². The average molecular weight is 306 g/mol. The van der Waals surface area contributed by atoms with E-state index in [2.05, 4.69) is 15.1 Å². The van der Waals surface area contributed by atoms with Gasteiger partial charge in [-0.05, 0) is 13.8 Å². The Morgan fingerprint density at radius 1 is 1.43 bits per heavy atom. The molecule has 0 aliphatic heterocycles. The molecule has 74 valence electrons. The minimum absolute atomic E-state index is 0.164. The first-order valence-electron chi connectivity index (χ1n) is 4.16. The van der Waals surface area contributed by atoms with Crippen molar-refractivity contribution in [2.24, 2.45) is 0 Å². The molecule has 14 heavy (non-hydrogen) atoms. The first-order valence-corrected chi connectivity index (χ1v) is 5.23. The van der Waals surface area contributed by atoms with Gasteiger partial charge in [0.1, 0.15) is 0 Å². The molecule has 2 aromatic rings. The molecule has 0 spiro atoms. The van der Waals surface area contributed by atoms with E-state index in [1.54, 1.807) is 4.68 Å². The molecule has 0 bridgehead atoms. The molecule has 0 aliphatic rings. The van der Waals surface area contributed by atoms with Gasteiger partial charge in [-0.25, -0.2) is 9.67 Å². The van der Waals surface area contributed by atoms with Gasteiger partial charge in [0, 0.05) is 28.6 Å². The number of nitrogens with zero attached hydrogens (tertiary/aromatic N) is 4. The van der Waals surface area contributed by atoms with Crippen LogP contribution >= 0.6 is 22.6 Å². The van der Waals surface area contributed by atoms with Gasteiger partial charge >= 0.3 is 0 Å². The molecule has 0 radical (unpaired) electrons. The second-order valence-electron chi connectivity index (χ2n) is 3.20. The maximum Gasteiger partial charge on any atom is 0.228 e. The number of aromatic nitrogens is 4. The molecule has 0 saturated carbocycles. The lowest BCUT2D eigenvalue weighted by molar-refractivity contribution is 0.544. The quantitative estimate of drug-likeness (QED) is 0.461. The summed E-state index contributed by atoms with van der Waals surface area (Å²) in [6.45, 7) is 3.94. The van der Waals surface area contributed by atoms with Gasteiger partial charge in [0.05, 0.1) is 11.6 Å². The fraction of sp³-hybridized carbons (Fsp3) is 0.375. The van der Waals surface area contributed by atoms with Crippen LogP contribution in [-0.4, -0.2) is 19.7 Å². The molecular formula is C8H8FIN4. The first-order chi connectivity index (χ1) is 6.59. The maximum absolute atomic E-state index is 13.3. The van der Waals surface area contributed by atoms with E-state index < -0.39 is 5.95 Å². The molecule has 4 nitrogen and oxygen atoms in total. The van der Waals surface area contributed by atoms with Gasteiger partial charge in [0.2, 0.25) is 5.95 Å². The molecule has 0 N–H and O–H groups in total. The molecule has 6 heteroatoms. The van der Waals surface area contributed by atoms with E-state index in [4.69, 9.17) is 0 Å². The maximum atomic E-state index is 13.3. The molecule has 0 saturated heterocycles. The van der Waals surface area contributed by atoms with Crippen LogP contribution in [0.4, 0.5) is 4.39 Å². The predicted octanol–water partition coefficient (Wildman–Crippen LogP) is 2.15. The lowest BCUT2D eigenvalue weighted by Gasteiger charge is -2.05.